The number of nitrogens with zero attached hydrogens (tertiary/aromatic N) is 1. The summed E-state index contributed by atoms with van der Waals surface area (Å²) >= 11 is 0. The zero-order valence-electron chi connectivity index (χ0n) is 15.5. The molecule has 0 aliphatic carbocycles. The number of benzene rings is 2. The van der Waals surface area contributed by atoms with Crippen LogP contribution < -0.4 is 24.4 Å². The van der Waals surface area contributed by atoms with E-state index in [4.69, 9.17) is 14.2 Å². The van der Waals surface area contributed by atoms with E-state index in [9.17, 15) is 9.59 Å². The van der Waals surface area contributed by atoms with Gasteiger partial charge in [0.05, 0.1) is 21.3 Å². The van der Waals surface area contributed by atoms with Gasteiger partial charge < -0.3 is 24.4 Å². The minimum absolute atomic E-state index is 0.153. The Hall–Kier alpha value is -3.22. The molecule has 2 amide bonds. The quantitative estimate of drug-likeness (QED) is 0.859. The number of methoxy groups -OCH3 is 3. The van der Waals surface area contributed by atoms with E-state index in [2.05, 4.69) is 5.32 Å². The molecule has 0 aliphatic heterocycles. The van der Waals surface area contributed by atoms with E-state index in [1.807, 2.05) is 0 Å². The highest BCUT2D eigenvalue weighted by Crippen LogP contribution is 2.38. The first-order valence-electron chi connectivity index (χ1n) is 7.87. The van der Waals surface area contributed by atoms with Gasteiger partial charge in [0, 0.05) is 30.9 Å². The predicted octanol–water partition coefficient (Wildman–Crippen LogP) is 2.95. The number of rotatable bonds is 6. The predicted molar refractivity (Wildman–Crippen MR) is 99.6 cm³/mol. The molecule has 0 heterocycles. The second-order valence-corrected chi connectivity index (χ2v) is 5.51. The van der Waals surface area contributed by atoms with E-state index in [-0.39, 0.29) is 11.8 Å². The van der Waals surface area contributed by atoms with Gasteiger partial charge in [-0.3, -0.25) is 9.59 Å². The lowest BCUT2D eigenvalue weighted by atomic mass is 10.1. The van der Waals surface area contributed by atoms with Gasteiger partial charge in [-0.15, -0.1) is 0 Å². The Balaban J connectivity index is 2.31. The second kappa shape index (κ2) is 8.24. The van der Waals surface area contributed by atoms with Crippen molar-refractivity contribution in [3.8, 4) is 17.2 Å². The van der Waals surface area contributed by atoms with E-state index in [0.29, 0.717) is 34.2 Å². The topological polar surface area (TPSA) is 77.1 Å². The summed E-state index contributed by atoms with van der Waals surface area (Å²) in [5.41, 5.74) is 1.74. The van der Waals surface area contributed by atoms with Gasteiger partial charge >= 0.3 is 0 Å². The highest BCUT2D eigenvalue weighted by molar-refractivity contribution is 6.06. The Morgan fingerprint density at radius 2 is 1.46 bits per heavy atom. The maximum Gasteiger partial charge on any atom is 0.258 e. The first kappa shape index (κ1) is 19.1. The van der Waals surface area contributed by atoms with Gasteiger partial charge in [0.25, 0.3) is 5.91 Å². The molecule has 2 aromatic rings. The Kier molecular flexibility index (Phi) is 6.06. The molecule has 0 fully saturated rings. The van der Waals surface area contributed by atoms with E-state index in [1.165, 1.54) is 33.2 Å². The third kappa shape index (κ3) is 4.05. The number of amides is 2. The van der Waals surface area contributed by atoms with Crippen LogP contribution >= 0.6 is 0 Å². The minimum Gasteiger partial charge on any atom is -0.493 e. The Morgan fingerprint density at radius 3 is 1.88 bits per heavy atom. The first-order valence-corrected chi connectivity index (χ1v) is 7.87. The number of anilines is 2. The number of ether oxygens (including phenoxy) is 3. The molecular formula is C19H22N2O5. The van der Waals surface area contributed by atoms with Crippen LogP contribution in [0.1, 0.15) is 17.3 Å². The summed E-state index contributed by atoms with van der Waals surface area (Å²) in [4.78, 5) is 25.4. The van der Waals surface area contributed by atoms with Crippen LogP contribution in [0.25, 0.3) is 0 Å². The lowest BCUT2D eigenvalue weighted by molar-refractivity contribution is -0.114. The van der Waals surface area contributed by atoms with Crippen LogP contribution in [0.5, 0.6) is 17.2 Å². The third-order valence-electron chi connectivity index (χ3n) is 3.79. The highest BCUT2D eigenvalue weighted by atomic mass is 16.5. The summed E-state index contributed by atoms with van der Waals surface area (Å²) in [7, 11) is 6.16. The fourth-order valence-corrected chi connectivity index (χ4v) is 2.49. The molecule has 0 saturated carbocycles. The van der Waals surface area contributed by atoms with Crippen molar-refractivity contribution in [2.45, 2.75) is 6.92 Å². The Morgan fingerprint density at radius 1 is 0.923 bits per heavy atom. The number of carbonyl (C=O) groups is 2. The molecule has 0 atom stereocenters. The molecule has 0 unspecified atom stereocenters. The van der Waals surface area contributed by atoms with Gasteiger partial charge in [-0.25, -0.2) is 0 Å². The molecule has 0 aromatic heterocycles. The van der Waals surface area contributed by atoms with E-state index in [0.717, 1.165) is 0 Å². The molecule has 0 bridgehead atoms. The zero-order valence-corrected chi connectivity index (χ0v) is 15.5. The monoisotopic (exact) mass is 358 g/mol. The molecule has 7 nitrogen and oxygen atoms in total. The maximum atomic E-state index is 12.8. The van der Waals surface area contributed by atoms with Crippen LogP contribution in [0.4, 0.5) is 11.4 Å². The zero-order chi connectivity index (χ0) is 19.3. The molecule has 2 rings (SSSR count). The number of carbonyl (C=O) groups excluding carboxylic acids is 2. The van der Waals surface area contributed by atoms with Crippen LogP contribution in [0.15, 0.2) is 36.4 Å². The molecule has 26 heavy (non-hydrogen) atoms. The van der Waals surface area contributed by atoms with Gasteiger partial charge in [-0.2, -0.15) is 0 Å². The molecule has 0 radical (unpaired) electrons. The van der Waals surface area contributed by atoms with E-state index in [1.54, 1.807) is 43.4 Å². The summed E-state index contributed by atoms with van der Waals surface area (Å²) in [6, 6.07) is 10.2. The van der Waals surface area contributed by atoms with Crippen molar-refractivity contribution in [3.05, 3.63) is 42.0 Å². The molecule has 138 valence electrons. The van der Waals surface area contributed by atoms with Gasteiger partial charge in [0.1, 0.15) is 0 Å². The average molecular weight is 358 g/mol. The fourth-order valence-electron chi connectivity index (χ4n) is 2.49. The van der Waals surface area contributed by atoms with Crippen molar-refractivity contribution in [2.24, 2.45) is 0 Å². The van der Waals surface area contributed by atoms with Crippen LogP contribution in [-0.4, -0.2) is 40.2 Å². The van der Waals surface area contributed by atoms with Crippen molar-refractivity contribution in [1.29, 1.82) is 0 Å². The molecule has 0 spiro atoms. The van der Waals surface area contributed by atoms with Crippen LogP contribution in [0, 0.1) is 0 Å². The number of nitrogens with one attached hydrogen (secondary N) is 1. The Bertz CT molecular complexity index is 777. The van der Waals surface area contributed by atoms with Crippen LogP contribution in [-0.2, 0) is 4.79 Å². The normalized spacial score (nSPS) is 10.0. The number of hydrogen-bond donors (Lipinski definition) is 1. The lowest BCUT2D eigenvalue weighted by Gasteiger charge is -2.20. The van der Waals surface area contributed by atoms with Gasteiger partial charge in [-0.05, 0) is 36.4 Å². The van der Waals surface area contributed by atoms with E-state index >= 15 is 0 Å². The Labute approximate surface area is 152 Å². The second-order valence-electron chi connectivity index (χ2n) is 5.51. The van der Waals surface area contributed by atoms with E-state index < -0.39 is 0 Å². The summed E-state index contributed by atoms with van der Waals surface area (Å²) in [5, 5.41) is 2.69. The van der Waals surface area contributed by atoms with Crippen molar-refractivity contribution in [2.75, 3.05) is 38.6 Å². The summed E-state index contributed by atoms with van der Waals surface area (Å²) < 4.78 is 15.9. The van der Waals surface area contributed by atoms with Crippen LogP contribution in [0.2, 0.25) is 0 Å². The molecule has 1 N–H and O–H groups in total. The van der Waals surface area contributed by atoms with Crippen molar-refractivity contribution >= 4 is 23.2 Å². The summed E-state index contributed by atoms with van der Waals surface area (Å²) in [5.74, 6) is 0.846. The molecular weight excluding hydrogens is 336 g/mol. The first-order chi connectivity index (χ1) is 12.4. The highest BCUT2D eigenvalue weighted by Gasteiger charge is 2.20. The molecule has 7 heteroatoms. The molecule has 0 saturated heterocycles. The summed E-state index contributed by atoms with van der Waals surface area (Å²) in [6.07, 6.45) is 0. The fraction of sp³-hybridized carbons (Fsp3) is 0.263. The van der Waals surface area contributed by atoms with Gasteiger partial charge in [0.15, 0.2) is 11.5 Å². The largest absolute Gasteiger partial charge is 0.493 e. The molecule has 2 aromatic carbocycles. The van der Waals surface area contributed by atoms with Crippen LogP contribution in [0.3, 0.4) is 0 Å². The van der Waals surface area contributed by atoms with Crippen molar-refractivity contribution in [3.63, 3.8) is 0 Å². The average Bonchev–Trinajstić information content (AvgIpc) is 2.65. The third-order valence-corrected chi connectivity index (χ3v) is 3.79. The minimum atomic E-state index is -0.239. The molecule has 0 aliphatic rings. The lowest BCUT2D eigenvalue weighted by Crippen LogP contribution is -2.26. The summed E-state index contributed by atoms with van der Waals surface area (Å²) in [6.45, 7) is 1.44. The van der Waals surface area contributed by atoms with Gasteiger partial charge in [-0.1, -0.05) is 0 Å². The number of hydrogen-bond acceptors (Lipinski definition) is 5. The smallest absolute Gasteiger partial charge is 0.258 e. The standard InChI is InChI=1S/C19H22N2O5/c1-12(22)20-14-6-8-15(9-7-14)21(2)19(23)13-10-16(24-3)18(26-5)17(11-13)25-4/h6-11H,1-5H3,(H,20,22). The van der Waals surface area contributed by atoms with Crippen molar-refractivity contribution in [1.82, 2.24) is 0 Å². The maximum absolute atomic E-state index is 12.8. The SMILES string of the molecule is COc1cc(C(=O)N(C)c2ccc(NC(C)=O)cc2)cc(OC)c1OC. The van der Waals surface area contributed by atoms with Crippen molar-refractivity contribution < 1.29 is 23.8 Å². The van der Waals surface area contributed by atoms with Gasteiger partial charge in [0.2, 0.25) is 11.7 Å².